The van der Waals surface area contributed by atoms with E-state index in [1.54, 1.807) is 26.4 Å². The van der Waals surface area contributed by atoms with E-state index in [9.17, 15) is 10.2 Å². The van der Waals surface area contributed by atoms with Gasteiger partial charge in [-0.1, -0.05) is 17.7 Å². The quantitative estimate of drug-likeness (QED) is 0.731. The van der Waals surface area contributed by atoms with E-state index in [0.29, 0.717) is 11.5 Å². The van der Waals surface area contributed by atoms with Gasteiger partial charge in [-0.15, -0.1) is 0 Å². The number of nitrogens with zero attached hydrogens (tertiary/aromatic N) is 1. The van der Waals surface area contributed by atoms with Gasteiger partial charge in [0.1, 0.15) is 0 Å². The number of hydrogen-bond acceptors (Lipinski definition) is 5. The zero-order valence-electron chi connectivity index (χ0n) is 17.0. The minimum atomic E-state index is 0.101. The van der Waals surface area contributed by atoms with Crippen LogP contribution >= 0.6 is 0 Å². The summed E-state index contributed by atoms with van der Waals surface area (Å²) in [4.78, 5) is 2.42. The third-order valence-corrected chi connectivity index (χ3v) is 5.32. The van der Waals surface area contributed by atoms with Crippen molar-refractivity contribution in [2.24, 2.45) is 0 Å². The number of hydrogen-bond donors (Lipinski definition) is 2. The predicted molar refractivity (Wildman–Crippen MR) is 110 cm³/mol. The Hall–Kier alpha value is -2.66. The van der Waals surface area contributed by atoms with Gasteiger partial charge in [0.2, 0.25) is 0 Å². The van der Waals surface area contributed by atoms with Gasteiger partial charge in [0, 0.05) is 19.1 Å². The highest BCUT2D eigenvalue weighted by Crippen LogP contribution is 2.39. The Bertz CT molecular complexity index is 871. The van der Waals surface area contributed by atoms with E-state index >= 15 is 0 Å². The van der Waals surface area contributed by atoms with Crippen molar-refractivity contribution < 1.29 is 19.7 Å². The summed E-state index contributed by atoms with van der Waals surface area (Å²) in [5, 5.41) is 20.5. The molecule has 0 saturated carbocycles. The van der Waals surface area contributed by atoms with Gasteiger partial charge in [-0.3, -0.25) is 4.90 Å². The number of methoxy groups -OCH3 is 2. The van der Waals surface area contributed by atoms with E-state index in [-0.39, 0.29) is 17.5 Å². The fraction of sp³-hybridized carbons (Fsp3) is 0.391. The highest BCUT2D eigenvalue weighted by Gasteiger charge is 2.28. The lowest BCUT2D eigenvalue weighted by Crippen LogP contribution is -2.36. The number of benzene rings is 2. The van der Waals surface area contributed by atoms with Crippen molar-refractivity contribution in [3.63, 3.8) is 0 Å². The normalized spacial score (nSPS) is 16.4. The molecule has 2 aromatic carbocycles. The standard InChI is InChI=1S/C23H29NO4/c1-15(2)7-9-24-10-8-17-13-23(28-4)21(26)14-18(17)19(24)11-16-5-6-22(27-3)20(25)12-16/h5-7,12-14,19,25-26H,8-11H2,1-4H3. The molecule has 0 radical (unpaired) electrons. The third-order valence-electron chi connectivity index (χ3n) is 5.32. The molecule has 2 aromatic rings. The fourth-order valence-electron chi connectivity index (χ4n) is 3.78. The molecule has 0 aromatic heterocycles. The molecule has 28 heavy (non-hydrogen) atoms. The third kappa shape index (κ3) is 4.25. The van der Waals surface area contributed by atoms with Crippen molar-refractivity contribution in [1.29, 1.82) is 0 Å². The first kappa shape index (κ1) is 20.1. The predicted octanol–water partition coefficient (Wildman–Crippen LogP) is 4.22. The first-order valence-electron chi connectivity index (χ1n) is 9.56. The Morgan fingerprint density at radius 3 is 2.43 bits per heavy atom. The number of aromatic hydroxyl groups is 2. The van der Waals surface area contributed by atoms with Gasteiger partial charge in [0.15, 0.2) is 23.0 Å². The summed E-state index contributed by atoms with van der Waals surface area (Å²) in [5.74, 6) is 1.28. The number of allylic oxidation sites excluding steroid dienone is 1. The van der Waals surface area contributed by atoms with E-state index in [1.165, 1.54) is 11.1 Å². The molecule has 0 saturated heterocycles. The van der Waals surface area contributed by atoms with Crippen LogP contribution in [0.25, 0.3) is 0 Å². The number of phenolic OH excluding ortho intramolecular Hbond substituents is 2. The van der Waals surface area contributed by atoms with Gasteiger partial charge in [0.05, 0.1) is 14.2 Å². The van der Waals surface area contributed by atoms with E-state index in [2.05, 4.69) is 24.8 Å². The molecule has 1 unspecified atom stereocenters. The summed E-state index contributed by atoms with van der Waals surface area (Å²) in [5.41, 5.74) is 4.62. The lowest BCUT2D eigenvalue weighted by atomic mass is 9.88. The molecule has 0 amide bonds. The van der Waals surface area contributed by atoms with Crippen LogP contribution in [0.3, 0.4) is 0 Å². The van der Waals surface area contributed by atoms with Crippen molar-refractivity contribution in [3.8, 4) is 23.0 Å². The lowest BCUT2D eigenvalue weighted by Gasteiger charge is -2.37. The second kappa shape index (κ2) is 8.57. The molecule has 1 aliphatic rings. The van der Waals surface area contributed by atoms with Gasteiger partial charge in [0.25, 0.3) is 0 Å². The number of rotatable bonds is 6. The van der Waals surface area contributed by atoms with Crippen LogP contribution in [0.4, 0.5) is 0 Å². The van der Waals surface area contributed by atoms with Crippen LogP contribution in [0, 0.1) is 0 Å². The second-order valence-corrected chi connectivity index (χ2v) is 7.48. The number of fused-ring (bicyclic) bond motifs is 1. The van der Waals surface area contributed by atoms with E-state index in [1.807, 2.05) is 18.2 Å². The van der Waals surface area contributed by atoms with Crippen molar-refractivity contribution in [2.75, 3.05) is 27.3 Å². The van der Waals surface area contributed by atoms with Crippen molar-refractivity contribution in [1.82, 2.24) is 4.90 Å². The van der Waals surface area contributed by atoms with Gasteiger partial charge >= 0.3 is 0 Å². The largest absolute Gasteiger partial charge is 0.504 e. The highest BCUT2D eigenvalue weighted by atomic mass is 16.5. The molecule has 0 aliphatic carbocycles. The molecule has 0 spiro atoms. The van der Waals surface area contributed by atoms with Gasteiger partial charge in [-0.2, -0.15) is 0 Å². The monoisotopic (exact) mass is 383 g/mol. The lowest BCUT2D eigenvalue weighted by molar-refractivity contribution is 0.203. The summed E-state index contributed by atoms with van der Waals surface area (Å²) in [6.07, 6.45) is 3.87. The van der Waals surface area contributed by atoms with Crippen molar-refractivity contribution in [3.05, 3.63) is 58.7 Å². The number of phenols is 2. The van der Waals surface area contributed by atoms with Crippen LogP contribution in [0.15, 0.2) is 42.0 Å². The van der Waals surface area contributed by atoms with Crippen molar-refractivity contribution in [2.45, 2.75) is 32.7 Å². The Balaban J connectivity index is 1.98. The topological polar surface area (TPSA) is 62.2 Å². The van der Waals surface area contributed by atoms with Crippen LogP contribution in [-0.2, 0) is 12.8 Å². The Morgan fingerprint density at radius 1 is 1.07 bits per heavy atom. The zero-order chi connectivity index (χ0) is 20.3. The smallest absolute Gasteiger partial charge is 0.160 e. The molecular weight excluding hydrogens is 354 g/mol. The molecule has 1 atom stereocenters. The SMILES string of the molecule is COc1ccc(CC2c3cc(O)c(OC)cc3CCN2CC=C(C)C)cc1O. The van der Waals surface area contributed by atoms with Gasteiger partial charge in [-0.25, -0.2) is 0 Å². The summed E-state index contributed by atoms with van der Waals surface area (Å²) in [6, 6.07) is 9.41. The molecule has 5 heteroatoms. The first-order chi connectivity index (χ1) is 13.4. The Morgan fingerprint density at radius 2 is 1.79 bits per heavy atom. The molecule has 0 bridgehead atoms. The second-order valence-electron chi connectivity index (χ2n) is 7.48. The maximum absolute atomic E-state index is 10.4. The van der Waals surface area contributed by atoms with Crippen LogP contribution < -0.4 is 9.47 Å². The summed E-state index contributed by atoms with van der Waals surface area (Å²) in [7, 11) is 3.12. The number of ether oxygens (including phenoxy) is 2. The zero-order valence-corrected chi connectivity index (χ0v) is 17.0. The molecule has 2 N–H and O–H groups in total. The maximum Gasteiger partial charge on any atom is 0.160 e. The first-order valence-corrected chi connectivity index (χ1v) is 9.56. The van der Waals surface area contributed by atoms with Gasteiger partial charge < -0.3 is 19.7 Å². The van der Waals surface area contributed by atoms with Gasteiger partial charge in [-0.05, 0) is 67.6 Å². The Kier molecular flexibility index (Phi) is 6.15. The minimum Gasteiger partial charge on any atom is -0.504 e. The molecule has 150 valence electrons. The molecule has 1 aliphatic heterocycles. The van der Waals surface area contributed by atoms with Crippen LogP contribution in [-0.4, -0.2) is 42.4 Å². The molecular formula is C23H29NO4. The highest BCUT2D eigenvalue weighted by molar-refractivity contribution is 5.49. The van der Waals surface area contributed by atoms with Crippen LogP contribution in [0.2, 0.25) is 0 Å². The molecule has 0 fully saturated rings. The summed E-state index contributed by atoms with van der Waals surface area (Å²) in [6.45, 7) is 5.98. The summed E-state index contributed by atoms with van der Waals surface area (Å²) < 4.78 is 10.4. The Labute approximate surface area is 166 Å². The molecule has 1 heterocycles. The van der Waals surface area contributed by atoms with Crippen molar-refractivity contribution >= 4 is 0 Å². The fourth-order valence-corrected chi connectivity index (χ4v) is 3.78. The average molecular weight is 383 g/mol. The van der Waals surface area contributed by atoms with Crippen LogP contribution in [0.1, 0.15) is 36.6 Å². The van der Waals surface area contributed by atoms with Crippen LogP contribution in [0.5, 0.6) is 23.0 Å². The van der Waals surface area contributed by atoms with E-state index in [4.69, 9.17) is 9.47 Å². The maximum atomic E-state index is 10.4. The van der Waals surface area contributed by atoms with E-state index < -0.39 is 0 Å². The molecule has 5 nitrogen and oxygen atoms in total. The molecule has 3 rings (SSSR count). The minimum absolute atomic E-state index is 0.101. The average Bonchev–Trinajstić information content (AvgIpc) is 2.67. The summed E-state index contributed by atoms with van der Waals surface area (Å²) >= 11 is 0. The van der Waals surface area contributed by atoms with E-state index in [0.717, 1.165) is 37.1 Å².